The second kappa shape index (κ2) is 5.94. The summed E-state index contributed by atoms with van der Waals surface area (Å²) in [6.45, 7) is 0. The van der Waals surface area contributed by atoms with Crippen LogP contribution >= 0.6 is 15.9 Å². The summed E-state index contributed by atoms with van der Waals surface area (Å²) in [5.41, 5.74) is 0.786. The Bertz CT molecular complexity index is 800. The normalized spacial score (nSPS) is 10.4. The number of ether oxygens (including phenoxy) is 1. The first-order valence-corrected chi connectivity index (χ1v) is 6.98. The van der Waals surface area contributed by atoms with Crippen LogP contribution in [0, 0.1) is 0 Å². The Labute approximate surface area is 133 Å². The third kappa shape index (κ3) is 2.96. The molecule has 110 valence electrons. The summed E-state index contributed by atoms with van der Waals surface area (Å²) in [6.07, 6.45) is 0. The van der Waals surface area contributed by atoms with Gasteiger partial charge in [-0.15, -0.1) is 0 Å². The van der Waals surface area contributed by atoms with Crippen LogP contribution in [0.2, 0.25) is 0 Å². The third-order valence-corrected chi connectivity index (χ3v) is 3.35. The number of tetrazole rings is 1. The van der Waals surface area contributed by atoms with Gasteiger partial charge in [-0.2, -0.15) is 4.68 Å². The van der Waals surface area contributed by atoms with E-state index in [9.17, 15) is 4.79 Å². The van der Waals surface area contributed by atoms with Crippen molar-refractivity contribution in [2.24, 2.45) is 0 Å². The smallest absolute Gasteiger partial charge is 0.345 e. The van der Waals surface area contributed by atoms with E-state index >= 15 is 0 Å². The van der Waals surface area contributed by atoms with Crippen LogP contribution in [0.5, 0.6) is 11.8 Å². The van der Waals surface area contributed by atoms with E-state index < -0.39 is 5.97 Å². The molecule has 0 atom stereocenters. The van der Waals surface area contributed by atoms with Gasteiger partial charge in [0.15, 0.2) is 0 Å². The summed E-state index contributed by atoms with van der Waals surface area (Å²) < 4.78 is 7.94. The fraction of sp³-hybridized carbons (Fsp3) is 0. The molecule has 3 aromatic rings. The van der Waals surface area contributed by atoms with E-state index in [1.54, 1.807) is 24.3 Å². The van der Waals surface area contributed by atoms with Crippen LogP contribution in [0.25, 0.3) is 5.69 Å². The zero-order valence-corrected chi connectivity index (χ0v) is 12.6. The summed E-state index contributed by atoms with van der Waals surface area (Å²) in [5, 5.41) is 20.2. The molecule has 8 heteroatoms. The van der Waals surface area contributed by atoms with E-state index in [1.165, 1.54) is 16.8 Å². The first-order valence-electron chi connectivity index (χ1n) is 6.19. The van der Waals surface area contributed by atoms with Gasteiger partial charge in [0.1, 0.15) is 5.75 Å². The van der Waals surface area contributed by atoms with E-state index in [2.05, 4.69) is 31.5 Å². The van der Waals surface area contributed by atoms with Gasteiger partial charge in [-0.05, 0) is 59.0 Å². The SMILES string of the molecule is O=C(O)c1ccc(-n2nnnc2Oc2ccc(Br)cc2)cc1. The molecule has 0 radical (unpaired) electrons. The molecule has 1 N–H and O–H groups in total. The minimum Gasteiger partial charge on any atom is -0.478 e. The summed E-state index contributed by atoms with van der Waals surface area (Å²) in [6, 6.07) is 13.6. The lowest BCUT2D eigenvalue weighted by molar-refractivity contribution is 0.0697. The van der Waals surface area contributed by atoms with Crippen molar-refractivity contribution >= 4 is 21.9 Å². The van der Waals surface area contributed by atoms with E-state index in [-0.39, 0.29) is 11.6 Å². The van der Waals surface area contributed by atoms with Crippen molar-refractivity contribution < 1.29 is 14.6 Å². The van der Waals surface area contributed by atoms with Crippen LogP contribution < -0.4 is 4.74 Å². The second-order valence-corrected chi connectivity index (χ2v) is 5.20. The average Bonchev–Trinajstić information content (AvgIpc) is 2.98. The molecule has 0 aliphatic carbocycles. The van der Waals surface area contributed by atoms with Crippen molar-refractivity contribution in [2.45, 2.75) is 0 Å². The highest BCUT2D eigenvalue weighted by Gasteiger charge is 2.11. The topological polar surface area (TPSA) is 90.1 Å². The molecule has 0 saturated heterocycles. The van der Waals surface area contributed by atoms with Crippen LogP contribution in [-0.4, -0.2) is 31.3 Å². The van der Waals surface area contributed by atoms with Crippen LogP contribution in [-0.2, 0) is 0 Å². The molecule has 1 heterocycles. The lowest BCUT2D eigenvalue weighted by Gasteiger charge is -2.06. The van der Waals surface area contributed by atoms with Crippen molar-refractivity contribution in [3.05, 3.63) is 58.6 Å². The fourth-order valence-corrected chi connectivity index (χ4v) is 2.02. The molecule has 0 amide bonds. The standard InChI is InChI=1S/C14H9BrN4O3/c15-10-3-7-12(8-4-10)22-14-16-17-18-19(14)11-5-1-9(2-6-11)13(20)21/h1-8H,(H,20,21). The number of benzene rings is 2. The summed E-state index contributed by atoms with van der Waals surface area (Å²) in [7, 11) is 0. The number of hydrogen-bond acceptors (Lipinski definition) is 5. The van der Waals surface area contributed by atoms with Gasteiger partial charge in [-0.1, -0.05) is 21.0 Å². The summed E-state index contributed by atoms with van der Waals surface area (Å²) in [4.78, 5) is 10.9. The number of hydrogen-bond donors (Lipinski definition) is 1. The van der Waals surface area contributed by atoms with Gasteiger partial charge in [0.25, 0.3) is 0 Å². The number of carboxylic acids is 1. The molecule has 2 aromatic carbocycles. The van der Waals surface area contributed by atoms with Crippen LogP contribution in [0.4, 0.5) is 0 Å². The van der Waals surface area contributed by atoms with E-state index in [0.717, 1.165) is 4.47 Å². The van der Waals surface area contributed by atoms with E-state index in [4.69, 9.17) is 9.84 Å². The fourth-order valence-electron chi connectivity index (χ4n) is 1.76. The van der Waals surface area contributed by atoms with Gasteiger partial charge in [-0.25, -0.2) is 4.79 Å². The number of carboxylic acid groups (broad SMARTS) is 1. The largest absolute Gasteiger partial charge is 0.478 e. The number of aromatic nitrogens is 4. The molecule has 0 fully saturated rings. The molecule has 7 nitrogen and oxygen atoms in total. The molecule has 0 bridgehead atoms. The summed E-state index contributed by atoms with van der Waals surface area (Å²) in [5.74, 6) is -0.406. The maximum Gasteiger partial charge on any atom is 0.345 e. The van der Waals surface area contributed by atoms with Gasteiger partial charge in [-0.3, -0.25) is 0 Å². The molecular weight excluding hydrogens is 352 g/mol. The lowest BCUT2D eigenvalue weighted by Crippen LogP contribution is -2.02. The highest BCUT2D eigenvalue weighted by atomic mass is 79.9. The Balaban J connectivity index is 1.88. The van der Waals surface area contributed by atoms with Crippen molar-refractivity contribution in [1.29, 1.82) is 0 Å². The Kier molecular flexibility index (Phi) is 3.84. The average molecular weight is 361 g/mol. The maximum atomic E-state index is 10.9. The summed E-state index contributed by atoms with van der Waals surface area (Å²) >= 11 is 3.34. The number of carbonyl (C=O) groups is 1. The second-order valence-electron chi connectivity index (χ2n) is 4.28. The Morgan fingerprint density at radius 3 is 2.41 bits per heavy atom. The third-order valence-electron chi connectivity index (χ3n) is 2.82. The molecule has 22 heavy (non-hydrogen) atoms. The Hall–Kier alpha value is -2.74. The quantitative estimate of drug-likeness (QED) is 0.769. The highest BCUT2D eigenvalue weighted by Crippen LogP contribution is 2.23. The van der Waals surface area contributed by atoms with Gasteiger partial charge >= 0.3 is 12.0 Å². The Morgan fingerprint density at radius 1 is 1.09 bits per heavy atom. The monoisotopic (exact) mass is 360 g/mol. The van der Waals surface area contributed by atoms with Crippen molar-refractivity contribution in [1.82, 2.24) is 20.2 Å². The molecule has 0 spiro atoms. The molecule has 0 unspecified atom stereocenters. The van der Waals surface area contributed by atoms with Crippen molar-refractivity contribution in [2.75, 3.05) is 0 Å². The van der Waals surface area contributed by atoms with Gasteiger partial charge in [0, 0.05) is 4.47 Å². The van der Waals surface area contributed by atoms with Crippen molar-refractivity contribution in [3.63, 3.8) is 0 Å². The van der Waals surface area contributed by atoms with Crippen LogP contribution in [0.3, 0.4) is 0 Å². The predicted molar refractivity (Wildman–Crippen MR) is 80.3 cm³/mol. The zero-order chi connectivity index (χ0) is 15.5. The van der Waals surface area contributed by atoms with Gasteiger partial charge in [0.2, 0.25) is 0 Å². The van der Waals surface area contributed by atoms with E-state index in [0.29, 0.717) is 11.4 Å². The minimum absolute atomic E-state index is 0.186. The van der Waals surface area contributed by atoms with E-state index in [1.807, 2.05) is 12.1 Å². The van der Waals surface area contributed by atoms with Crippen LogP contribution in [0.1, 0.15) is 10.4 Å². The predicted octanol–water partition coefficient (Wildman–Crippen LogP) is 2.92. The number of nitrogens with zero attached hydrogens (tertiary/aromatic N) is 4. The molecule has 0 aliphatic heterocycles. The molecular formula is C14H9BrN4O3. The maximum absolute atomic E-state index is 10.9. The molecule has 0 aliphatic rings. The Morgan fingerprint density at radius 2 is 1.77 bits per heavy atom. The molecule has 1 aromatic heterocycles. The minimum atomic E-state index is -0.991. The zero-order valence-electron chi connectivity index (χ0n) is 11.0. The van der Waals surface area contributed by atoms with Crippen LogP contribution in [0.15, 0.2) is 53.0 Å². The van der Waals surface area contributed by atoms with Crippen molar-refractivity contribution in [3.8, 4) is 17.4 Å². The van der Waals surface area contributed by atoms with Gasteiger partial charge in [0.05, 0.1) is 11.3 Å². The number of halogens is 1. The molecule has 0 saturated carbocycles. The lowest BCUT2D eigenvalue weighted by atomic mass is 10.2. The highest BCUT2D eigenvalue weighted by molar-refractivity contribution is 9.10. The van der Waals surface area contributed by atoms with Gasteiger partial charge < -0.3 is 9.84 Å². The molecule has 3 rings (SSSR count). The first kappa shape index (κ1) is 14.2. The number of aromatic carboxylic acids is 1. The first-order chi connectivity index (χ1) is 10.6. The number of rotatable bonds is 4.